The Balaban J connectivity index is 3.12. The molecule has 1 rings (SSSR count). The maximum Gasteiger partial charge on any atom is 0.316 e. The second kappa shape index (κ2) is 5.93. The van der Waals surface area contributed by atoms with Gasteiger partial charge in [-0.25, -0.2) is 8.42 Å². The summed E-state index contributed by atoms with van der Waals surface area (Å²) in [5.74, 6) is -2.15. The Labute approximate surface area is 123 Å². The number of rotatable bonds is 3. The average Bonchev–Trinajstić information content (AvgIpc) is 2.25. The minimum Gasteiger partial charge on any atom is -0.481 e. The van der Waals surface area contributed by atoms with Gasteiger partial charge in [0.1, 0.15) is 11.3 Å². The summed E-state index contributed by atoms with van der Waals surface area (Å²) in [6, 6.07) is 0. The minimum absolute atomic E-state index is 0.265. The van der Waals surface area contributed by atoms with E-state index in [4.69, 9.17) is 0 Å². The SMILES string of the molecule is CC(C)(C)C(C(=O)O)C(=O)N1CCSCC1S(C)(=O)=O. The molecular formula is C12H21NO5S2. The summed E-state index contributed by atoms with van der Waals surface area (Å²) in [6.45, 7) is 5.26. The molecule has 8 heteroatoms. The predicted octanol–water partition coefficient (Wildman–Crippen LogP) is 0.679. The zero-order valence-electron chi connectivity index (χ0n) is 12.1. The van der Waals surface area contributed by atoms with Crippen LogP contribution in [0.25, 0.3) is 0 Å². The molecule has 0 saturated carbocycles. The van der Waals surface area contributed by atoms with Crippen LogP contribution in [0.15, 0.2) is 0 Å². The standard InChI is InChI=1S/C12H21NO5S2/c1-12(2,3)9(11(15)16)10(14)13-5-6-19-7-8(13)20(4,17)18/h8-9H,5-7H2,1-4H3,(H,15,16). The molecule has 0 aromatic carbocycles. The molecule has 1 amide bonds. The van der Waals surface area contributed by atoms with Gasteiger partial charge in [-0.3, -0.25) is 9.59 Å². The van der Waals surface area contributed by atoms with E-state index in [0.717, 1.165) is 6.26 Å². The number of hydrogen-bond acceptors (Lipinski definition) is 5. The number of carboxylic acid groups (broad SMARTS) is 1. The number of carboxylic acids is 1. The fourth-order valence-electron chi connectivity index (χ4n) is 2.20. The largest absolute Gasteiger partial charge is 0.481 e. The lowest BCUT2D eigenvalue weighted by Gasteiger charge is -2.38. The number of carbonyl (C=O) groups excluding carboxylic acids is 1. The summed E-state index contributed by atoms with van der Waals surface area (Å²) in [7, 11) is -3.43. The van der Waals surface area contributed by atoms with Crippen molar-refractivity contribution in [1.29, 1.82) is 0 Å². The van der Waals surface area contributed by atoms with Gasteiger partial charge in [-0.1, -0.05) is 20.8 Å². The molecule has 0 aliphatic carbocycles. The van der Waals surface area contributed by atoms with Crippen LogP contribution in [0.3, 0.4) is 0 Å². The van der Waals surface area contributed by atoms with Gasteiger partial charge in [0.25, 0.3) is 0 Å². The summed E-state index contributed by atoms with van der Waals surface area (Å²) < 4.78 is 23.6. The van der Waals surface area contributed by atoms with Crippen LogP contribution in [0.1, 0.15) is 20.8 Å². The number of amides is 1. The monoisotopic (exact) mass is 323 g/mol. The molecule has 1 N–H and O–H groups in total. The Morgan fingerprint density at radius 3 is 2.30 bits per heavy atom. The molecule has 20 heavy (non-hydrogen) atoms. The molecule has 1 heterocycles. The molecule has 1 fully saturated rings. The van der Waals surface area contributed by atoms with Crippen LogP contribution in [0.2, 0.25) is 0 Å². The number of thioether (sulfide) groups is 1. The lowest BCUT2D eigenvalue weighted by molar-refractivity contribution is -0.156. The highest BCUT2D eigenvalue weighted by atomic mass is 32.2. The van der Waals surface area contributed by atoms with Gasteiger partial charge in [0.05, 0.1) is 0 Å². The summed E-state index contributed by atoms with van der Waals surface area (Å²) >= 11 is 1.46. The highest BCUT2D eigenvalue weighted by molar-refractivity contribution is 8.00. The van der Waals surface area contributed by atoms with Crippen LogP contribution in [0, 0.1) is 11.3 Å². The van der Waals surface area contributed by atoms with Crippen molar-refractivity contribution in [3.05, 3.63) is 0 Å². The van der Waals surface area contributed by atoms with Gasteiger partial charge < -0.3 is 10.0 Å². The topological polar surface area (TPSA) is 91.8 Å². The Morgan fingerprint density at radius 2 is 1.90 bits per heavy atom. The van der Waals surface area contributed by atoms with Crippen molar-refractivity contribution in [2.75, 3.05) is 24.3 Å². The molecule has 116 valence electrons. The first kappa shape index (κ1) is 17.3. The molecule has 0 spiro atoms. The minimum atomic E-state index is -3.43. The molecule has 1 aliphatic rings. The van der Waals surface area contributed by atoms with E-state index in [1.54, 1.807) is 20.8 Å². The predicted molar refractivity (Wildman–Crippen MR) is 78.3 cm³/mol. The van der Waals surface area contributed by atoms with Crippen LogP contribution in [-0.2, 0) is 19.4 Å². The fraction of sp³-hybridized carbons (Fsp3) is 0.833. The van der Waals surface area contributed by atoms with E-state index in [2.05, 4.69) is 0 Å². The molecular weight excluding hydrogens is 302 g/mol. The highest BCUT2D eigenvalue weighted by Crippen LogP contribution is 2.31. The van der Waals surface area contributed by atoms with Crippen LogP contribution >= 0.6 is 11.8 Å². The number of hydrogen-bond donors (Lipinski definition) is 1. The van der Waals surface area contributed by atoms with Gasteiger partial charge in [-0.2, -0.15) is 11.8 Å². The first-order valence-electron chi connectivity index (χ1n) is 6.26. The van der Waals surface area contributed by atoms with Crippen molar-refractivity contribution in [1.82, 2.24) is 4.90 Å². The maximum absolute atomic E-state index is 12.5. The number of carbonyl (C=O) groups is 2. The summed E-state index contributed by atoms with van der Waals surface area (Å²) in [5, 5.41) is 8.36. The lowest BCUT2D eigenvalue weighted by Crippen LogP contribution is -2.55. The van der Waals surface area contributed by atoms with Gasteiger partial charge in [-0.05, 0) is 5.41 Å². The highest BCUT2D eigenvalue weighted by Gasteiger charge is 2.44. The van der Waals surface area contributed by atoms with E-state index in [0.29, 0.717) is 11.5 Å². The van der Waals surface area contributed by atoms with Crippen molar-refractivity contribution in [2.24, 2.45) is 11.3 Å². The van der Waals surface area contributed by atoms with Crippen molar-refractivity contribution in [2.45, 2.75) is 26.1 Å². The Hall–Kier alpha value is -0.760. The Bertz CT molecular complexity index is 494. The molecule has 0 bridgehead atoms. The summed E-state index contributed by atoms with van der Waals surface area (Å²) in [4.78, 5) is 25.1. The van der Waals surface area contributed by atoms with Crippen molar-refractivity contribution in [3.8, 4) is 0 Å². The van der Waals surface area contributed by atoms with Crippen LogP contribution in [-0.4, -0.2) is 60.0 Å². The van der Waals surface area contributed by atoms with E-state index in [9.17, 15) is 23.1 Å². The normalized spacial score (nSPS) is 22.4. The molecule has 1 aliphatic heterocycles. The van der Waals surface area contributed by atoms with Gasteiger partial charge in [-0.15, -0.1) is 0 Å². The molecule has 0 aromatic rings. The van der Waals surface area contributed by atoms with Gasteiger partial charge in [0.2, 0.25) is 5.91 Å². The maximum atomic E-state index is 12.5. The van der Waals surface area contributed by atoms with Gasteiger partial charge in [0.15, 0.2) is 9.84 Å². The van der Waals surface area contributed by atoms with Gasteiger partial charge >= 0.3 is 5.97 Å². The van der Waals surface area contributed by atoms with Crippen LogP contribution in [0.5, 0.6) is 0 Å². The Morgan fingerprint density at radius 1 is 1.35 bits per heavy atom. The molecule has 0 aromatic heterocycles. The smallest absolute Gasteiger partial charge is 0.316 e. The van der Waals surface area contributed by atoms with Crippen LogP contribution in [0.4, 0.5) is 0 Å². The summed E-state index contributed by atoms with van der Waals surface area (Å²) in [5.41, 5.74) is -0.768. The van der Waals surface area contributed by atoms with Crippen LogP contribution < -0.4 is 0 Å². The zero-order valence-corrected chi connectivity index (χ0v) is 13.8. The van der Waals surface area contributed by atoms with Crippen molar-refractivity contribution >= 4 is 33.5 Å². The van der Waals surface area contributed by atoms with Crippen molar-refractivity contribution < 1.29 is 23.1 Å². The van der Waals surface area contributed by atoms with E-state index in [1.807, 2.05) is 0 Å². The van der Waals surface area contributed by atoms with E-state index < -0.39 is 38.4 Å². The molecule has 2 unspecified atom stereocenters. The lowest BCUT2D eigenvalue weighted by atomic mass is 9.80. The van der Waals surface area contributed by atoms with E-state index >= 15 is 0 Å². The van der Waals surface area contributed by atoms with E-state index in [-0.39, 0.29) is 6.54 Å². The van der Waals surface area contributed by atoms with Gasteiger partial charge in [0, 0.05) is 24.3 Å². The number of nitrogens with zero attached hydrogens (tertiary/aromatic N) is 1. The third-order valence-corrected chi connectivity index (χ3v) is 5.87. The summed E-state index contributed by atoms with van der Waals surface area (Å²) in [6.07, 6.45) is 1.08. The quantitative estimate of drug-likeness (QED) is 0.768. The average molecular weight is 323 g/mol. The first-order chi connectivity index (χ1) is 8.96. The Kier molecular flexibility index (Phi) is 5.13. The number of aliphatic carboxylic acids is 1. The molecule has 0 radical (unpaired) electrons. The molecule has 6 nitrogen and oxygen atoms in total. The first-order valence-corrected chi connectivity index (χ1v) is 9.37. The van der Waals surface area contributed by atoms with E-state index in [1.165, 1.54) is 16.7 Å². The molecule has 2 atom stereocenters. The third kappa shape index (κ3) is 3.88. The molecule has 1 saturated heterocycles. The third-order valence-electron chi connectivity index (χ3n) is 3.22. The number of sulfone groups is 1. The fourth-order valence-corrected chi connectivity index (χ4v) is 5.02. The van der Waals surface area contributed by atoms with Crippen molar-refractivity contribution in [3.63, 3.8) is 0 Å². The zero-order chi connectivity index (χ0) is 15.7. The second-order valence-electron chi connectivity index (χ2n) is 6.03. The second-order valence-corrected chi connectivity index (χ2v) is 9.38.